The van der Waals surface area contributed by atoms with Gasteiger partial charge in [-0.05, 0) is 69.4 Å². The maximum Gasteiger partial charge on any atom is 0.204 e. The first-order valence-electron chi connectivity index (χ1n) is 10.0. The van der Waals surface area contributed by atoms with E-state index in [9.17, 15) is 8.78 Å². The summed E-state index contributed by atoms with van der Waals surface area (Å²) in [6.45, 7) is 3.31. The van der Waals surface area contributed by atoms with Crippen LogP contribution in [0.3, 0.4) is 0 Å². The molecule has 2 fully saturated rings. The molecule has 0 spiro atoms. The molecule has 150 valence electrons. The summed E-state index contributed by atoms with van der Waals surface area (Å²) in [5, 5.41) is 0. The minimum atomic E-state index is -0.996. The molecule has 1 aliphatic heterocycles. The third-order valence-electron chi connectivity index (χ3n) is 5.93. The third-order valence-corrected chi connectivity index (χ3v) is 5.93. The van der Waals surface area contributed by atoms with Crippen molar-refractivity contribution in [1.82, 2.24) is 0 Å². The highest BCUT2D eigenvalue weighted by molar-refractivity contribution is 5.34. The second kappa shape index (κ2) is 9.54. The number of rotatable bonds is 6. The Kier molecular flexibility index (Phi) is 7.11. The van der Waals surface area contributed by atoms with E-state index in [-0.39, 0.29) is 11.5 Å². The van der Waals surface area contributed by atoms with E-state index in [0.717, 1.165) is 38.7 Å². The van der Waals surface area contributed by atoms with Crippen LogP contribution < -0.4 is 9.47 Å². The molecule has 1 saturated heterocycles. The molecule has 0 radical (unpaired) electrons. The van der Waals surface area contributed by atoms with Gasteiger partial charge in [-0.2, -0.15) is 8.78 Å². The Labute approximate surface area is 160 Å². The Morgan fingerprint density at radius 1 is 1.04 bits per heavy atom. The van der Waals surface area contributed by atoms with Crippen LogP contribution in [-0.4, -0.2) is 26.4 Å². The van der Waals surface area contributed by atoms with Crippen LogP contribution in [-0.2, 0) is 4.74 Å². The maximum absolute atomic E-state index is 14.0. The van der Waals surface area contributed by atoms with Gasteiger partial charge < -0.3 is 14.2 Å². The van der Waals surface area contributed by atoms with Crippen molar-refractivity contribution < 1.29 is 23.0 Å². The molecular formula is C22H30F2O3. The Bertz CT molecular complexity index is 631. The van der Waals surface area contributed by atoms with Gasteiger partial charge in [-0.25, -0.2) is 0 Å². The van der Waals surface area contributed by atoms with E-state index in [1.807, 2.05) is 0 Å². The maximum atomic E-state index is 14.0. The molecular weight excluding hydrogens is 350 g/mol. The van der Waals surface area contributed by atoms with Crippen molar-refractivity contribution in [2.75, 3.05) is 20.3 Å². The molecule has 2 atom stereocenters. The summed E-state index contributed by atoms with van der Waals surface area (Å²) >= 11 is 0. The molecule has 1 aliphatic carbocycles. The van der Waals surface area contributed by atoms with Gasteiger partial charge in [-0.15, -0.1) is 0 Å². The lowest BCUT2D eigenvalue weighted by molar-refractivity contribution is -0.0504. The number of hydrogen-bond acceptors (Lipinski definition) is 3. The van der Waals surface area contributed by atoms with E-state index >= 15 is 0 Å². The Morgan fingerprint density at radius 3 is 2.37 bits per heavy atom. The molecule has 3 rings (SSSR count). The molecule has 2 aliphatic rings. The standard InChI is InChI=1S/C22H30F2O3/c1-3-4-15-7-10-18(26-13-15)17-8-5-16(6-9-17)14-27-20-12-11-19(25-2)21(23)22(20)24/h3-4,11-12,15-18H,5-10,13-14H2,1-2H3. The lowest BCUT2D eigenvalue weighted by Crippen LogP contribution is -2.34. The summed E-state index contributed by atoms with van der Waals surface area (Å²) in [5.74, 6) is -0.562. The van der Waals surface area contributed by atoms with Gasteiger partial charge in [0.25, 0.3) is 0 Å². The molecule has 5 heteroatoms. The smallest absolute Gasteiger partial charge is 0.204 e. The molecule has 1 saturated carbocycles. The molecule has 1 aromatic rings. The van der Waals surface area contributed by atoms with Crippen molar-refractivity contribution >= 4 is 0 Å². The fourth-order valence-electron chi connectivity index (χ4n) is 4.31. The summed E-state index contributed by atoms with van der Waals surface area (Å²) in [6.07, 6.45) is 11.4. The number of hydrogen-bond donors (Lipinski definition) is 0. The van der Waals surface area contributed by atoms with Crippen LogP contribution in [0, 0.1) is 29.4 Å². The largest absolute Gasteiger partial charge is 0.494 e. The SMILES string of the molecule is CC=CC1CCC(C2CCC(COc3ccc(OC)c(F)c3F)CC2)OC1. The highest BCUT2D eigenvalue weighted by atomic mass is 19.2. The Balaban J connectivity index is 1.43. The fraction of sp³-hybridized carbons (Fsp3) is 0.636. The van der Waals surface area contributed by atoms with Crippen LogP contribution in [0.2, 0.25) is 0 Å². The molecule has 0 aromatic heterocycles. The second-order valence-corrected chi connectivity index (χ2v) is 7.72. The van der Waals surface area contributed by atoms with Gasteiger partial charge in [-0.3, -0.25) is 0 Å². The van der Waals surface area contributed by atoms with Gasteiger partial charge in [0.15, 0.2) is 11.5 Å². The van der Waals surface area contributed by atoms with Gasteiger partial charge in [0, 0.05) is 5.92 Å². The molecule has 2 unspecified atom stereocenters. The number of allylic oxidation sites excluding steroid dienone is 1. The van der Waals surface area contributed by atoms with E-state index in [1.54, 1.807) is 0 Å². The van der Waals surface area contributed by atoms with Gasteiger partial charge in [-0.1, -0.05) is 12.2 Å². The first kappa shape index (κ1) is 20.1. The van der Waals surface area contributed by atoms with Crippen molar-refractivity contribution in [2.24, 2.45) is 17.8 Å². The van der Waals surface area contributed by atoms with E-state index < -0.39 is 11.6 Å². The summed E-state index contributed by atoms with van der Waals surface area (Å²) in [6, 6.07) is 2.83. The average Bonchev–Trinajstić information content (AvgIpc) is 2.70. The van der Waals surface area contributed by atoms with Crippen molar-refractivity contribution in [3.8, 4) is 11.5 Å². The molecule has 27 heavy (non-hydrogen) atoms. The third kappa shape index (κ3) is 5.01. The zero-order valence-corrected chi connectivity index (χ0v) is 16.3. The van der Waals surface area contributed by atoms with Gasteiger partial charge >= 0.3 is 0 Å². The number of halogens is 2. The number of ether oxygens (including phenoxy) is 3. The zero-order chi connectivity index (χ0) is 19.2. The van der Waals surface area contributed by atoms with Crippen LogP contribution >= 0.6 is 0 Å². The van der Waals surface area contributed by atoms with E-state index in [0.29, 0.717) is 30.5 Å². The molecule has 0 bridgehead atoms. The van der Waals surface area contributed by atoms with Crippen molar-refractivity contribution in [1.29, 1.82) is 0 Å². The number of methoxy groups -OCH3 is 1. The lowest BCUT2D eigenvalue weighted by atomic mass is 9.77. The van der Waals surface area contributed by atoms with Gasteiger partial charge in [0.05, 0.1) is 26.4 Å². The average molecular weight is 380 g/mol. The first-order chi connectivity index (χ1) is 13.1. The Morgan fingerprint density at radius 2 is 1.74 bits per heavy atom. The lowest BCUT2D eigenvalue weighted by Gasteiger charge is -2.37. The summed E-state index contributed by atoms with van der Waals surface area (Å²) in [4.78, 5) is 0. The van der Waals surface area contributed by atoms with Gasteiger partial charge in [0.2, 0.25) is 11.6 Å². The second-order valence-electron chi connectivity index (χ2n) is 7.72. The van der Waals surface area contributed by atoms with Crippen molar-refractivity contribution in [3.63, 3.8) is 0 Å². The minimum absolute atomic E-state index is 0.0407. The number of benzene rings is 1. The summed E-state index contributed by atoms with van der Waals surface area (Å²) in [5.41, 5.74) is 0. The molecule has 1 aromatic carbocycles. The predicted octanol–water partition coefficient (Wildman–Crippen LogP) is 5.53. The highest BCUT2D eigenvalue weighted by Crippen LogP contribution is 2.36. The van der Waals surface area contributed by atoms with E-state index in [1.165, 1.54) is 25.7 Å². The monoisotopic (exact) mass is 380 g/mol. The quantitative estimate of drug-likeness (QED) is 0.607. The van der Waals surface area contributed by atoms with Crippen molar-refractivity contribution in [2.45, 2.75) is 51.6 Å². The predicted molar refractivity (Wildman–Crippen MR) is 101 cm³/mol. The highest BCUT2D eigenvalue weighted by Gasteiger charge is 2.31. The van der Waals surface area contributed by atoms with Crippen LogP contribution in [0.1, 0.15) is 45.4 Å². The summed E-state index contributed by atoms with van der Waals surface area (Å²) < 4.78 is 44.2. The van der Waals surface area contributed by atoms with Gasteiger partial charge in [0.1, 0.15) is 0 Å². The molecule has 3 nitrogen and oxygen atoms in total. The van der Waals surface area contributed by atoms with E-state index in [4.69, 9.17) is 14.2 Å². The topological polar surface area (TPSA) is 27.7 Å². The van der Waals surface area contributed by atoms with Crippen LogP contribution in [0.5, 0.6) is 11.5 Å². The van der Waals surface area contributed by atoms with Crippen LogP contribution in [0.4, 0.5) is 8.78 Å². The van der Waals surface area contributed by atoms with Crippen LogP contribution in [0.15, 0.2) is 24.3 Å². The normalized spacial score (nSPS) is 29.0. The zero-order valence-electron chi connectivity index (χ0n) is 16.3. The fourth-order valence-corrected chi connectivity index (χ4v) is 4.31. The van der Waals surface area contributed by atoms with Crippen molar-refractivity contribution in [3.05, 3.63) is 35.9 Å². The summed E-state index contributed by atoms with van der Waals surface area (Å²) in [7, 11) is 1.31. The minimum Gasteiger partial charge on any atom is -0.494 e. The van der Waals surface area contributed by atoms with Crippen LogP contribution in [0.25, 0.3) is 0 Å². The molecule has 0 amide bonds. The van der Waals surface area contributed by atoms with E-state index in [2.05, 4.69) is 19.1 Å². The molecule has 0 N–H and O–H groups in total. The Hall–Kier alpha value is -1.62. The molecule has 1 heterocycles. The first-order valence-corrected chi connectivity index (χ1v) is 10.0.